The summed E-state index contributed by atoms with van der Waals surface area (Å²) in [5.74, 6) is -1.18. The largest absolute Gasteiger partial charge is 0.482 e. The van der Waals surface area contributed by atoms with Crippen LogP contribution in [-0.4, -0.2) is 74.7 Å². The van der Waals surface area contributed by atoms with Crippen molar-refractivity contribution in [2.24, 2.45) is 0 Å². The lowest BCUT2D eigenvalue weighted by Gasteiger charge is -2.28. The Bertz CT molecular complexity index is 732. The number of carbonyl (C=O) groups excluding carboxylic acids is 1. The zero-order chi connectivity index (χ0) is 18.4. The fourth-order valence-corrected chi connectivity index (χ4v) is 4.42. The highest BCUT2D eigenvalue weighted by molar-refractivity contribution is 7.91. The molecule has 1 aliphatic rings. The summed E-state index contributed by atoms with van der Waals surface area (Å²) in [5.41, 5.74) is 0.309. The first-order chi connectivity index (χ1) is 11.8. The molecule has 138 valence electrons. The molecular weight excluding hydrogens is 350 g/mol. The summed E-state index contributed by atoms with van der Waals surface area (Å²) in [6, 6.07) is 5.79. The highest BCUT2D eigenvalue weighted by atomic mass is 32.2. The topological polar surface area (TPSA) is 110 Å². The van der Waals surface area contributed by atoms with E-state index in [0.29, 0.717) is 12.0 Å². The molecule has 25 heavy (non-hydrogen) atoms. The zero-order valence-electron chi connectivity index (χ0n) is 13.9. The van der Waals surface area contributed by atoms with Crippen LogP contribution in [0.15, 0.2) is 24.3 Å². The summed E-state index contributed by atoms with van der Waals surface area (Å²) in [6.07, 6.45) is 0.396. The van der Waals surface area contributed by atoms with Gasteiger partial charge in [-0.1, -0.05) is 6.07 Å². The second kappa shape index (κ2) is 8.30. The van der Waals surface area contributed by atoms with Crippen molar-refractivity contribution in [1.82, 2.24) is 4.90 Å². The molecule has 0 bridgehead atoms. The van der Waals surface area contributed by atoms with Gasteiger partial charge in [-0.05, 0) is 24.6 Å². The number of carboxylic acid groups (broad SMARTS) is 1. The Kier molecular flexibility index (Phi) is 6.38. The van der Waals surface area contributed by atoms with E-state index in [0.717, 1.165) is 0 Å². The molecular formula is C16H21NO7S. The molecule has 0 aromatic heterocycles. The maximum absolute atomic E-state index is 12.8. The van der Waals surface area contributed by atoms with Crippen molar-refractivity contribution in [1.29, 1.82) is 0 Å². The fraction of sp³-hybridized carbons (Fsp3) is 0.500. The van der Waals surface area contributed by atoms with Crippen molar-refractivity contribution in [3.8, 4) is 5.75 Å². The normalized spacial score (nSPS) is 18.7. The Balaban J connectivity index is 2.18. The number of nitrogens with zero attached hydrogens (tertiary/aromatic N) is 1. The summed E-state index contributed by atoms with van der Waals surface area (Å²) in [5, 5.41) is 8.66. The van der Waals surface area contributed by atoms with Crippen molar-refractivity contribution in [2.45, 2.75) is 12.5 Å². The lowest BCUT2D eigenvalue weighted by molar-refractivity contribution is -0.139. The number of benzene rings is 1. The van der Waals surface area contributed by atoms with Gasteiger partial charge >= 0.3 is 5.97 Å². The van der Waals surface area contributed by atoms with E-state index in [1.807, 2.05) is 0 Å². The van der Waals surface area contributed by atoms with Gasteiger partial charge in [0.2, 0.25) is 0 Å². The van der Waals surface area contributed by atoms with Crippen LogP contribution in [0, 0.1) is 0 Å². The molecule has 1 heterocycles. The molecule has 1 saturated heterocycles. The van der Waals surface area contributed by atoms with Crippen LogP contribution in [0.4, 0.5) is 0 Å². The zero-order valence-corrected chi connectivity index (χ0v) is 14.7. The van der Waals surface area contributed by atoms with E-state index in [-0.39, 0.29) is 36.3 Å². The van der Waals surface area contributed by atoms with Crippen molar-refractivity contribution < 1.29 is 32.6 Å². The van der Waals surface area contributed by atoms with Crippen LogP contribution in [0.3, 0.4) is 0 Å². The number of ether oxygens (including phenoxy) is 2. The number of sulfone groups is 1. The smallest absolute Gasteiger partial charge is 0.341 e. The Labute approximate surface area is 146 Å². The quantitative estimate of drug-likeness (QED) is 0.705. The molecule has 0 radical (unpaired) electrons. The van der Waals surface area contributed by atoms with Crippen LogP contribution in [0.25, 0.3) is 0 Å². The van der Waals surface area contributed by atoms with Gasteiger partial charge in [-0.2, -0.15) is 0 Å². The third-order valence-electron chi connectivity index (χ3n) is 3.89. The maximum atomic E-state index is 12.8. The molecule has 1 fully saturated rings. The lowest BCUT2D eigenvalue weighted by Crippen LogP contribution is -2.43. The van der Waals surface area contributed by atoms with Gasteiger partial charge in [0.15, 0.2) is 16.4 Å². The first-order valence-corrected chi connectivity index (χ1v) is 9.59. The Morgan fingerprint density at radius 1 is 1.36 bits per heavy atom. The van der Waals surface area contributed by atoms with E-state index in [1.54, 1.807) is 18.2 Å². The lowest BCUT2D eigenvalue weighted by atomic mass is 10.1. The van der Waals surface area contributed by atoms with Gasteiger partial charge in [0, 0.05) is 25.3 Å². The van der Waals surface area contributed by atoms with Crippen molar-refractivity contribution in [3.05, 3.63) is 29.8 Å². The first kappa shape index (κ1) is 19.2. The second-order valence-electron chi connectivity index (χ2n) is 5.76. The predicted molar refractivity (Wildman–Crippen MR) is 89.5 cm³/mol. The number of hydrogen-bond donors (Lipinski definition) is 1. The summed E-state index contributed by atoms with van der Waals surface area (Å²) in [6.45, 7) is 0.0547. The standard InChI is InChI=1S/C16H21NO7S/c1-23-7-6-17(13-5-8-25(21,22)11-13)16(20)12-3-2-4-14(9-12)24-10-15(18)19/h2-4,9,13H,5-8,10-11H2,1H3,(H,18,19). The minimum Gasteiger partial charge on any atom is -0.482 e. The monoisotopic (exact) mass is 371 g/mol. The number of amides is 1. The summed E-state index contributed by atoms with van der Waals surface area (Å²) >= 11 is 0. The molecule has 1 atom stereocenters. The number of methoxy groups -OCH3 is 1. The van der Waals surface area contributed by atoms with E-state index in [4.69, 9.17) is 14.6 Å². The van der Waals surface area contributed by atoms with E-state index in [2.05, 4.69) is 0 Å². The fourth-order valence-electron chi connectivity index (χ4n) is 2.69. The Morgan fingerprint density at radius 3 is 2.72 bits per heavy atom. The van der Waals surface area contributed by atoms with Gasteiger partial charge in [-0.25, -0.2) is 13.2 Å². The number of rotatable bonds is 8. The molecule has 9 heteroatoms. The van der Waals surface area contributed by atoms with E-state index in [9.17, 15) is 18.0 Å². The molecule has 2 rings (SSSR count). The van der Waals surface area contributed by atoms with Crippen molar-refractivity contribution >= 4 is 21.7 Å². The minimum absolute atomic E-state index is 0.0579. The van der Waals surface area contributed by atoms with Gasteiger partial charge in [-0.15, -0.1) is 0 Å². The second-order valence-corrected chi connectivity index (χ2v) is 7.99. The Hall–Kier alpha value is -2.13. The van der Waals surface area contributed by atoms with Crippen molar-refractivity contribution in [3.63, 3.8) is 0 Å². The molecule has 1 aromatic carbocycles. The average Bonchev–Trinajstić information content (AvgIpc) is 2.93. The van der Waals surface area contributed by atoms with Gasteiger partial charge < -0.3 is 19.5 Å². The Morgan fingerprint density at radius 2 is 2.12 bits per heavy atom. The highest BCUT2D eigenvalue weighted by Crippen LogP contribution is 2.21. The summed E-state index contributed by atoms with van der Waals surface area (Å²) in [7, 11) is -1.62. The van der Waals surface area contributed by atoms with Crippen molar-refractivity contribution in [2.75, 3.05) is 38.4 Å². The number of hydrogen-bond acceptors (Lipinski definition) is 6. The molecule has 1 N–H and O–H groups in total. The molecule has 0 saturated carbocycles. The average molecular weight is 371 g/mol. The maximum Gasteiger partial charge on any atom is 0.341 e. The molecule has 1 aliphatic heterocycles. The van der Waals surface area contributed by atoms with Crippen LogP contribution in [0.5, 0.6) is 5.75 Å². The molecule has 1 amide bonds. The molecule has 1 aromatic rings. The molecule has 0 spiro atoms. The summed E-state index contributed by atoms with van der Waals surface area (Å²) < 4.78 is 33.6. The van der Waals surface area contributed by atoms with E-state index in [1.165, 1.54) is 18.1 Å². The van der Waals surface area contributed by atoms with Gasteiger partial charge in [0.25, 0.3) is 5.91 Å². The SMILES string of the molecule is COCCN(C(=O)c1cccc(OCC(=O)O)c1)C1CCS(=O)(=O)C1. The van der Waals surface area contributed by atoms with E-state index >= 15 is 0 Å². The third kappa shape index (κ3) is 5.43. The van der Waals surface area contributed by atoms with Gasteiger partial charge in [0.1, 0.15) is 5.75 Å². The molecule has 1 unspecified atom stereocenters. The van der Waals surface area contributed by atoms with Crippen LogP contribution < -0.4 is 4.74 Å². The van der Waals surface area contributed by atoms with Gasteiger partial charge in [0.05, 0.1) is 18.1 Å². The summed E-state index contributed by atoms with van der Waals surface area (Å²) in [4.78, 5) is 24.9. The van der Waals surface area contributed by atoms with E-state index < -0.39 is 28.5 Å². The number of aliphatic carboxylic acids is 1. The van der Waals surface area contributed by atoms with Crippen LogP contribution in [0.1, 0.15) is 16.8 Å². The van der Waals surface area contributed by atoms with Crippen LogP contribution in [0.2, 0.25) is 0 Å². The molecule has 0 aliphatic carbocycles. The van der Waals surface area contributed by atoms with Crippen LogP contribution in [-0.2, 0) is 19.4 Å². The minimum atomic E-state index is -3.13. The highest BCUT2D eigenvalue weighted by Gasteiger charge is 2.34. The number of carboxylic acids is 1. The van der Waals surface area contributed by atoms with Gasteiger partial charge in [-0.3, -0.25) is 4.79 Å². The first-order valence-electron chi connectivity index (χ1n) is 7.77. The third-order valence-corrected chi connectivity index (χ3v) is 5.64. The number of carbonyl (C=O) groups is 2. The predicted octanol–water partition coefficient (Wildman–Crippen LogP) is 0.426. The molecule has 8 nitrogen and oxygen atoms in total. The van der Waals surface area contributed by atoms with Crippen LogP contribution >= 0.6 is 0 Å².